The molecule has 5 rings (SSSR count). The monoisotopic (exact) mass is 539 g/mol. The molecule has 3 aromatic carbocycles. The predicted octanol–water partition coefficient (Wildman–Crippen LogP) is 5.30. The van der Waals surface area contributed by atoms with Gasteiger partial charge in [-0.1, -0.05) is 36.4 Å². The molecule has 1 amide bonds. The summed E-state index contributed by atoms with van der Waals surface area (Å²) in [5.41, 5.74) is 5.88. The van der Waals surface area contributed by atoms with Crippen molar-refractivity contribution in [1.29, 1.82) is 0 Å². The first kappa shape index (κ1) is 27.0. The second-order valence-electron chi connectivity index (χ2n) is 9.76. The number of aryl methyl sites for hydroxylation is 1. The van der Waals surface area contributed by atoms with Crippen molar-refractivity contribution in [1.82, 2.24) is 15.3 Å². The number of aromatic amines is 1. The largest absolute Gasteiger partial charge is 0.493 e. The van der Waals surface area contributed by atoms with Crippen LogP contribution in [0, 0.1) is 12.8 Å². The van der Waals surface area contributed by atoms with Gasteiger partial charge in [-0.25, -0.2) is 4.98 Å². The topological polar surface area (TPSA) is 106 Å². The molecular weight excluding hydrogens is 506 g/mol. The highest BCUT2D eigenvalue weighted by Gasteiger charge is 2.20. The maximum Gasteiger partial charge on any atom is 0.252 e. The van der Waals surface area contributed by atoms with Gasteiger partial charge in [-0.05, 0) is 48.7 Å². The van der Waals surface area contributed by atoms with E-state index in [0.717, 1.165) is 27.4 Å². The minimum atomic E-state index is -0.236. The number of benzene rings is 3. The number of carbonyl (C=O) groups excluding carboxylic acids is 1. The number of fused-ring (bicyclic) bond motifs is 2. The fourth-order valence-corrected chi connectivity index (χ4v) is 5.12. The third-order valence-corrected chi connectivity index (χ3v) is 7.25. The van der Waals surface area contributed by atoms with Gasteiger partial charge in [0.1, 0.15) is 0 Å². The van der Waals surface area contributed by atoms with E-state index in [2.05, 4.69) is 29.4 Å². The van der Waals surface area contributed by atoms with Gasteiger partial charge in [-0.3, -0.25) is 4.79 Å². The van der Waals surface area contributed by atoms with E-state index in [1.165, 1.54) is 5.56 Å². The van der Waals surface area contributed by atoms with Crippen LogP contribution in [-0.4, -0.2) is 55.5 Å². The Morgan fingerprint density at radius 1 is 0.975 bits per heavy atom. The molecule has 0 bridgehead atoms. The maximum atomic E-state index is 13.6. The van der Waals surface area contributed by atoms with Crippen molar-refractivity contribution in [2.45, 2.75) is 13.3 Å². The van der Waals surface area contributed by atoms with E-state index in [-0.39, 0.29) is 18.4 Å². The number of aromatic nitrogens is 2. The fourth-order valence-electron chi connectivity index (χ4n) is 5.12. The second-order valence-corrected chi connectivity index (χ2v) is 9.76. The molecule has 0 aliphatic rings. The van der Waals surface area contributed by atoms with Crippen LogP contribution in [0.3, 0.4) is 0 Å². The molecule has 3 N–H and O–H groups in total. The summed E-state index contributed by atoms with van der Waals surface area (Å²) in [6, 6.07) is 19.1. The molecule has 2 heterocycles. The molecule has 0 aliphatic heterocycles. The molecule has 5 aromatic rings. The quantitative estimate of drug-likeness (QED) is 0.223. The van der Waals surface area contributed by atoms with Crippen LogP contribution in [0.4, 0.5) is 0 Å². The molecule has 206 valence electrons. The number of ether oxygens (including phenoxy) is 3. The van der Waals surface area contributed by atoms with Gasteiger partial charge in [0.2, 0.25) is 5.75 Å². The molecule has 1 unspecified atom stereocenters. The standard InChI is InChI=1S/C32H33N3O5/c1-19-8-7-10-23-22(17-33-30(19)23)12-20(18-36)16-34-32(37)25-15-27(35-26-11-6-5-9-24(25)26)21-13-28(38-2)31(40-4)29(14-21)39-3/h5-11,13-15,17,20,33,36H,12,16,18H2,1-4H3,(H,34,37). The summed E-state index contributed by atoms with van der Waals surface area (Å²) in [7, 11) is 4.67. The van der Waals surface area contributed by atoms with E-state index >= 15 is 0 Å². The normalized spacial score (nSPS) is 11.9. The number of nitrogens with one attached hydrogen (secondary N) is 2. The summed E-state index contributed by atoms with van der Waals surface area (Å²) in [6.07, 6.45) is 2.62. The van der Waals surface area contributed by atoms with Crippen LogP contribution in [0.25, 0.3) is 33.1 Å². The van der Waals surface area contributed by atoms with Crippen molar-refractivity contribution in [2.75, 3.05) is 34.5 Å². The number of aliphatic hydroxyl groups is 1. The Morgan fingerprint density at radius 3 is 2.40 bits per heavy atom. The average Bonchev–Trinajstić information content (AvgIpc) is 3.41. The highest BCUT2D eigenvalue weighted by Crippen LogP contribution is 2.41. The first-order valence-corrected chi connectivity index (χ1v) is 13.1. The Balaban J connectivity index is 1.43. The summed E-state index contributed by atoms with van der Waals surface area (Å²) in [5.74, 6) is 1.09. The Morgan fingerprint density at radius 2 is 1.70 bits per heavy atom. The van der Waals surface area contributed by atoms with Crippen molar-refractivity contribution >= 4 is 27.7 Å². The van der Waals surface area contributed by atoms with Crippen molar-refractivity contribution in [3.63, 3.8) is 0 Å². The summed E-state index contributed by atoms with van der Waals surface area (Å²) < 4.78 is 16.5. The van der Waals surface area contributed by atoms with Crippen LogP contribution in [-0.2, 0) is 6.42 Å². The molecule has 2 aromatic heterocycles. The first-order chi connectivity index (χ1) is 19.5. The second kappa shape index (κ2) is 11.7. The number of rotatable bonds is 10. The van der Waals surface area contributed by atoms with Crippen molar-refractivity contribution in [3.05, 3.63) is 83.6 Å². The molecule has 40 heavy (non-hydrogen) atoms. The molecule has 0 fully saturated rings. The molecular formula is C32H33N3O5. The van der Waals surface area contributed by atoms with Crippen LogP contribution >= 0.6 is 0 Å². The number of methoxy groups -OCH3 is 3. The maximum absolute atomic E-state index is 13.6. The van der Waals surface area contributed by atoms with Crippen LogP contribution in [0.1, 0.15) is 21.5 Å². The summed E-state index contributed by atoms with van der Waals surface area (Å²) in [4.78, 5) is 21.7. The van der Waals surface area contributed by atoms with Crippen LogP contribution in [0.15, 0.2) is 66.9 Å². The van der Waals surface area contributed by atoms with Crippen molar-refractivity contribution in [2.24, 2.45) is 5.92 Å². The van der Waals surface area contributed by atoms with Gasteiger partial charge in [-0.15, -0.1) is 0 Å². The predicted molar refractivity (Wildman–Crippen MR) is 156 cm³/mol. The third-order valence-electron chi connectivity index (χ3n) is 7.25. The average molecular weight is 540 g/mol. The van der Waals surface area contributed by atoms with E-state index in [4.69, 9.17) is 19.2 Å². The molecule has 1 atom stereocenters. The number of pyridine rings is 1. The summed E-state index contributed by atoms with van der Waals surface area (Å²) >= 11 is 0. The molecule has 0 saturated carbocycles. The molecule has 8 nitrogen and oxygen atoms in total. The highest BCUT2D eigenvalue weighted by molar-refractivity contribution is 6.07. The number of para-hydroxylation sites is 2. The number of H-pyrrole nitrogens is 1. The Labute approximate surface area is 232 Å². The molecule has 0 saturated heterocycles. The lowest BCUT2D eigenvalue weighted by Gasteiger charge is -2.17. The van der Waals surface area contributed by atoms with E-state index in [0.29, 0.717) is 47.0 Å². The van der Waals surface area contributed by atoms with Gasteiger partial charge in [0, 0.05) is 47.1 Å². The van der Waals surface area contributed by atoms with Gasteiger partial charge in [0.25, 0.3) is 5.91 Å². The van der Waals surface area contributed by atoms with Crippen molar-refractivity contribution < 1.29 is 24.1 Å². The van der Waals surface area contributed by atoms with Crippen LogP contribution in [0.2, 0.25) is 0 Å². The van der Waals surface area contributed by atoms with Crippen LogP contribution in [0.5, 0.6) is 17.2 Å². The Kier molecular flexibility index (Phi) is 7.89. The smallest absolute Gasteiger partial charge is 0.252 e. The highest BCUT2D eigenvalue weighted by atomic mass is 16.5. The molecule has 0 spiro atoms. The molecule has 0 aliphatic carbocycles. The van der Waals surface area contributed by atoms with Gasteiger partial charge in [0.05, 0.1) is 38.1 Å². The van der Waals surface area contributed by atoms with E-state index in [1.54, 1.807) is 27.4 Å². The third kappa shape index (κ3) is 5.18. The SMILES string of the molecule is COc1cc(-c2cc(C(=O)NCC(CO)Cc3c[nH]c4c(C)cccc34)c3ccccc3n2)cc(OC)c1OC. The number of aliphatic hydroxyl groups excluding tert-OH is 1. The summed E-state index contributed by atoms with van der Waals surface area (Å²) in [6.45, 7) is 2.34. The number of nitrogens with zero attached hydrogens (tertiary/aromatic N) is 1. The molecule has 0 radical (unpaired) electrons. The minimum Gasteiger partial charge on any atom is -0.493 e. The molecule has 8 heteroatoms. The van der Waals surface area contributed by atoms with Gasteiger partial charge in [0.15, 0.2) is 11.5 Å². The van der Waals surface area contributed by atoms with E-state index < -0.39 is 0 Å². The summed E-state index contributed by atoms with van der Waals surface area (Å²) in [5, 5.41) is 15.1. The Bertz CT molecular complexity index is 1650. The number of carbonyl (C=O) groups is 1. The zero-order valence-corrected chi connectivity index (χ0v) is 23.1. The first-order valence-electron chi connectivity index (χ1n) is 13.1. The lowest BCUT2D eigenvalue weighted by molar-refractivity contribution is 0.0941. The van der Waals surface area contributed by atoms with Crippen LogP contribution < -0.4 is 19.5 Å². The van der Waals surface area contributed by atoms with E-state index in [9.17, 15) is 9.90 Å². The lowest BCUT2D eigenvalue weighted by atomic mass is 9.98. The zero-order valence-electron chi connectivity index (χ0n) is 23.1. The number of amides is 1. The number of hydrogen-bond acceptors (Lipinski definition) is 6. The fraction of sp³-hybridized carbons (Fsp3) is 0.250. The van der Waals surface area contributed by atoms with Gasteiger partial charge in [-0.2, -0.15) is 0 Å². The Hall–Kier alpha value is -4.56. The van der Waals surface area contributed by atoms with E-state index in [1.807, 2.05) is 48.7 Å². The zero-order chi connectivity index (χ0) is 28.2. The lowest BCUT2D eigenvalue weighted by Crippen LogP contribution is -2.32. The van der Waals surface area contributed by atoms with Gasteiger partial charge >= 0.3 is 0 Å². The minimum absolute atomic E-state index is 0.0491. The number of hydrogen-bond donors (Lipinski definition) is 3. The van der Waals surface area contributed by atoms with Gasteiger partial charge < -0.3 is 29.6 Å². The van der Waals surface area contributed by atoms with Crippen molar-refractivity contribution in [3.8, 4) is 28.5 Å².